The minimum Gasteiger partial charge on any atom is -0.268 e. The van der Waals surface area contributed by atoms with Gasteiger partial charge < -0.3 is 0 Å². The molecule has 5 nitrogen and oxygen atoms in total. The Hall–Kier alpha value is -2.61. The van der Waals surface area contributed by atoms with Crippen molar-refractivity contribution < 1.29 is 0 Å². The number of aromatic nitrogens is 2. The quantitative estimate of drug-likeness (QED) is 0.420. The van der Waals surface area contributed by atoms with E-state index < -0.39 is 0 Å². The van der Waals surface area contributed by atoms with Gasteiger partial charge in [0, 0.05) is 17.1 Å². The second-order valence-electron chi connectivity index (χ2n) is 7.10. The zero-order valence-corrected chi connectivity index (χ0v) is 17.6. The lowest BCUT2D eigenvalue weighted by atomic mass is 9.97. The molecule has 0 radical (unpaired) electrons. The average molecular weight is 421 g/mol. The van der Waals surface area contributed by atoms with Gasteiger partial charge in [-0.15, -0.1) is 11.3 Å². The van der Waals surface area contributed by atoms with Crippen LogP contribution in [0, 0.1) is 28.6 Å². The van der Waals surface area contributed by atoms with Gasteiger partial charge in [0.05, 0.1) is 29.1 Å². The number of para-hydroxylation sites is 1. The van der Waals surface area contributed by atoms with Crippen LogP contribution in [0.4, 0.5) is 0 Å². The average Bonchev–Trinajstić information content (AvgIpc) is 3.13. The third-order valence-corrected chi connectivity index (χ3v) is 7.46. The number of thiophene rings is 1. The Morgan fingerprint density at radius 2 is 2.00 bits per heavy atom. The molecule has 2 heterocycles. The van der Waals surface area contributed by atoms with Gasteiger partial charge in [-0.3, -0.25) is 9.36 Å². The maximum Gasteiger partial charge on any atom is 0.267 e. The van der Waals surface area contributed by atoms with E-state index >= 15 is 0 Å². The van der Waals surface area contributed by atoms with Gasteiger partial charge in [-0.2, -0.15) is 10.5 Å². The molecule has 0 saturated heterocycles. The van der Waals surface area contributed by atoms with Gasteiger partial charge in [0.15, 0.2) is 5.16 Å². The number of nitrogens with zero attached hydrogens (tertiary/aromatic N) is 4. The SMILES string of the molecule is N#CCC[C@@H](C#N)CSc1nc2sc3c(c2c(=O)n1-c1ccccc1)CCCC3. The van der Waals surface area contributed by atoms with Gasteiger partial charge in [0.25, 0.3) is 5.56 Å². The summed E-state index contributed by atoms with van der Waals surface area (Å²) in [6, 6.07) is 13.9. The highest BCUT2D eigenvalue weighted by Crippen LogP contribution is 2.35. The third kappa shape index (κ3) is 3.94. The molecule has 1 aliphatic rings. The second-order valence-corrected chi connectivity index (χ2v) is 9.17. The van der Waals surface area contributed by atoms with E-state index in [2.05, 4.69) is 12.1 Å². The summed E-state index contributed by atoms with van der Waals surface area (Å²) >= 11 is 3.07. The molecule has 7 heteroatoms. The van der Waals surface area contributed by atoms with E-state index in [1.807, 2.05) is 30.3 Å². The topological polar surface area (TPSA) is 82.5 Å². The minimum atomic E-state index is -0.243. The molecule has 0 unspecified atom stereocenters. The van der Waals surface area contributed by atoms with Gasteiger partial charge in [0.2, 0.25) is 0 Å². The predicted molar refractivity (Wildman–Crippen MR) is 117 cm³/mol. The van der Waals surface area contributed by atoms with Gasteiger partial charge in [-0.1, -0.05) is 30.0 Å². The third-order valence-electron chi connectivity index (χ3n) is 5.17. The molecule has 0 bridgehead atoms. The number of benzene rings is 1. The molecular formula is C22H20N4OS2. The van der Waals surface area contributed by atoms with Crippen LogP contribution in [0.5, 0.6) is 0 Å². The summed E-state index contributed by atoms with van der Waals surface area (Å²) in [6.45, 7) is 0. The lowest BCUT2D eigenvalue weighted by molar-refractivity contribution is 0.682. The molecular weight excluding hydrogens is 400 g/mol. The molecule has 3 aromatic rings. The van der Waals surface area contributed by atoms with Crippen LogP contribution in [0.15, 0.2) is 40.3 Å². The normalized spacial score (nSPS) is 14.1. The van der Waals surface area contributed by atoms with Crippen molar-refractivity contribution in [2.75, 3.05) is 5.75 Å². The number of fused-ring (bicyclic) bond motifs is 3. The number of thioether (sulfide) groups is 1. The molecule has 146 valence electrons. The summed E-state index contributed by atoms with van der Waals surface area (Å²) in [5.74, 6) is 0.265. The van der Waals surface area contributed by atoms with Crippen LogP contribution in [0.1, 0.15) is 36.1 Å². The minimum absolute atomic E-state index is 0.0198. The fraction of sp³-hybridized carbons (Fsp3) is 0.364. The van der Waals surface area contributed by atoms with Crippen molar-refractivity contribution in [1.82, 2.24) is 9.55 Å². The first-order valence-electron chi connectivity index (χ1n) is 9.75. The predicted octanol–water partition coefficient (Wildman–Crippen LogP) is 4.86. The van der Waals surface area contributed by atoms with Crippen LogP contribution in [0.3, 0.4) is 0 Å². The summed E-state index contributed by atoms with van der Waals surface area (Å²) in [6.07, 6.45) is 5.13. The second kappa shape index (κ2) is 8.82. The Balaban J connectivity index is 1.81. The Labute approximate surface area is 177 Å². The van der Waals surface area contributed by atoms with E-state index in [1.54, 1.807) is 15.9 Å². The van der Waals surface area contributed by atoms with Crippen molar-refractivity contribution in [3.63, 3.8) is 0 Å². The highest BCUT2D eigenvalue weighted by Gasteiger charge is 2.23. The number of hydrogen-bond acceptors (Lipinski definition) is 6. The highest BCUT2D eigenvalue weighted by molar-refractivity contribution is 7.99. The zero-order valence-electron chi connectivity index (χ0n) is 15.9. The van der Waals surface area contributed by atoms with E-state index in [-0.39, 0.29) is 11.5 Å². The van der Waals surface area contributed by atoms with Crippen LogP contribution in [0.2, 0.25) is 0 Å². The summed E-state index contributed by atoms with van der Waals surface area (Å²) in [7, 11) is 0. The summed E-state index contributed by atoms with van der Waals surface area (Å²) in [4.78, 5) is 20.6. The summed E-state index contributed by atoms with van der Waals surface area (Å²) in [5.41, 5.74) is 1.95. The Bertz CT molecular complexity index is 1170. The highest BCUT2D eigenvalue weighted by atomic mass is 32.2. The monoisotopic (exact) mass is 420 g/mol. The first kappa shape index (κ1) is 19.7. The molecule has 4 rings (SSSR count). The number of nitriles is 2. The van der Waals surface area contributed by atoms with Crippen LogP contribution in [-0.2, 0) is 12.8 Å². The van der Waals surface area contributed by atoms with E-state index in [0.29, 0.717) is 23.8 Å². The molecule has 1 aliphatic carbocycles. The number of hydrogen-bond donors (Lipinski definition) is 0. The number of rotatable bonds is 6. The smallest absolute Gasteiger partial charge is 0.267 e. The number of aryl methyl sites for hydroxylation is 2. The Kier molecular flexibility index (Phi) is 5.99. The maximum absolute atomic E-state index is 13.6. The molecule has 0 N–H and O–H groups in total. The largest absolute Gasteiger partial charge is 0.268 e. The fourth-order valence-corrected chi connectivity index (χ4v) is 6.06. The molecule has 0 aliphatic heterocycles. The van der Waals surface area contributed by atoms with Crippen molar-refractivity contribution in [3.8, 4) is 17.8 Å². The zero-order chi connectivity index (χ0) is 20.2. The molecule has 1 atom stereocenters. The molecule has 1 aromatic carbocycles. The lowest BCUT2D eigenvalue weighted by Gasteiger charge is -2.14. The van der Waals surface area contributed by atoms with Crippen LogP contribution < -0.4 is 5.56 Å². The first-order chi connectivity index (χ1) is 14.2. The van der Waals surface area contributed by atoms with E-state index in [1.165, 1.54) is 22.2 Å². The lowest BCUT2D eigenvalue weighted by Crippen LogP contribution is -2.22. The van der Waals surface area contributed by atoms with Crippen molar-refractivity contribution in [2.24, 2.45) is 5.92 Å². The maximum atomic E-state index is 13.6. The molecule has 0 fully saturated rings. The first-order valence-corrected chi connectivity index (χ1v) is 11.5. The van der Waals surface area contributed by atoms with Crippen LogP contribution >= 0.6 is 23.1 Å². The van der Waals surface area contributed by atoms with Crippen molar-refractivity contribution in [3.05, 3.63) is 51.1 Å². The standard InChI is InChI=1S/C22H20N4OS2/c23-12-6-7-15(13-24)14-28-22-25-20-19(17-10-4-5-11-18(17)29-20)21(27)26(22)16-8-2-1-3-9-16/h1-3,8-9,15H,4-7,10-11,14H2/t15-/m0/s1. The molecule has 0 saturated carbocycles. The van der Waals surface area contributed by atoms with Crippen LogP contribution in [-0.4, -0.2) is 15.3 Å². The van der Waals surface area contributed by atoms with Gasteiger partial charge >= 0.3 is 0 Å². The van der Waals surface area contributed by atoms with Gasteiger partial charge in [-0.25, -0.2) is 4.98 Å². The van der Waals surface area contributed by atoms with Crippen molar-refractivity contribution in [2.45, 2.75) is 43.7 Å². The molecule has 29 heavy (non-hydrogen) atoms. The van der Waals surface area contributed by atoms with E-state index in [0.717, 1.165) is 41.6 Å². The molecule has 0 amide bonds. The van der Waals surface area contributed by atoms with Gasteiger partial charge in [-0.05, 0) is 49.8 Å². The van der Waals surface area contributed by atoms with E-state index in [4.69, 9.17) is 10.2 Å². The summed E-state index contributed by atoms with van der Waals surface area (Å²) < 4.78 is 1.69. The Morgan fingerprint density at radius 3 is 2.76 bits per heavy atom. The summed E-state index contributed by atoms with van der Waals surface area (Å²) in [5, 5.41) is 19.6. The fourth-order valence-electron chi connectivity index (χ4n) is 3.69. The van der Waals surface area contributed by atoms with Crippen LogP contribution in [0.25, 0.3) is 15.9 Å². The van der Waals surface area contributed by atoms with Crippen molar-refractivity contribution >= 4 is 33.3 Å². The Morgan fingerprint density at radius 1 is 1.21 bits per heavy atom. The van der Waals surface area contributed by atoms with Gasteiger partial charge in [0.1, 0.15) is 4.83 Å². The van der Waals surface area contributed by atoms with E-state index in [9.17, 15) is 10.1 Å². The molecule has 0 spiro atoms. The molecule has 2 aromatic heterocycles. The van der Waals surface area contributed by atoms with Crippen molar-refractivity contribution in [1.29, 1.82) is 10.5 Å².